The maximum absolute atomic E-state index is 13.2. The minimum absolute atomic E-state index is 0.0534. The first-order valence-corrected chi connectivity index (χ1v) is 9.68. The SMILES string of the molecule is CC(=O)NC(CC(=O)N(Cc1ccco1)C1CCCC1)c1ccc(C)cc1. The van der Waals surface area contributed by atoms with Gasteiger partial charge in [-0.25, -0.2) is 0 Å². The number of nitrogens with one attached hydrogen (secondary N) is 1. The molecule has 1 aliphatic rings. The number of nitrogens with zero attached hydrogens (tertiary/aromatic N) is 1. The van der Waals surface area contributed by atoms with Crippen LogP contribution in [0.1, 0.15) is 62.0 Å². The molecule has 1 aliphatic carbocycles. The number of aryl methyl sites for hydroxylation is 1. The molecule has 1 saturated carbocycles. The van der Waals surface area contributed by atoms with E-state index < -0.39 is 0 Å². The Kier molecular flexibility index (Phi) is 6.32. The van der Waals surface area contributed by atoms with Crippen LogP contribution in [0.4, 0.5) is 0 Å². The van der Waals surface area contributed by atoms with E-state index >= 15 is 0 Å². The Balaban J connectivity index is 1.77. The zero-order valence-corrected chi connectivity index (χ0v) is 16.1. The Bertz CT molecular complexity index is 746. The van der Waals surface area contributed by atoms with Crippen molar-refractivity contribution in [1.29, 1.82) is 0 Å². The molecule has 5 nitrogen and oxygen atoms in total. The van der Waals surface area contributed by atoms with Crippen molar-refractivity contribution in [3.63, 3.8) is 0 Å². The third-order valence-corrected chi connectivity index (χ3v) is 5.23. The van der Waals surface area contributed by atoms with Crippen molar-refractivity contribution in [1.82, 2.24) is 10.2 Å². The van der Waals surface area contributed by atoms with Gasteiger partial charge in [-0.3, -0.25) is 9.59 Å². The molecular formula is C22H28N2O3. The van der Waals surface area contributed by atoms with Crippen molar-refractivity contribution in [2.45, 2.75) is 64.6 Å². The Morgan fingerprint density at radius 1 is 1.19 bits per heavy atom. The highest BCUT2D eigenvalue weighted by Gasteiger charge is 2.29. The molecule has 1 fully saturated rings. The summed E-state index contributed by atoms with van der Waals surface area (Å²) in [7, 11) is 0. The number of amides is 2. The summed E-state index contributed by atoms with van der Waals surface area (Å²) in [6.07, 6.45) is 6.25. The highest BCUT2D eigenvalue weighted by atomic mass is 16.3. The number of hydrogen-bond donors (Lipinski definition) is 1. The predicted molar refractivity (Wildman–Crippen MR) is 104 cm³/mol. The molecule has 0 bridgehead atoms. The van der Waals surface area contributed by atoms with Crippen molar-refractivity contribution in [3.05, 3.63) is 59.5 Å². The van der Waals surface area contributed by atoms with E-state index in [2.05, 4.69) is 5.32 Å². The van der Waals surface area contributed by atoms with Crippen LogP contribution in [0.15, 0.2) is 47.1 Å². The second-order valence-electron chi connectivity index (χ2n) is 7.41. The van der Waals surface area contributed by atoms with Gasteiger partial charge in [0.05, 0.1) is 25.3 Å². The molecule has 144 valence electrons. The molecule has 0 saturated heterocycles. The lowest BCUT2D eigenvalue weighted by molar-refractivity contribution is -0.135. The number of benzene rings is 1. The average molecular weight is 368 g/mol. The van der Waals surface area contributed by atoms with E-state index in [0.29, 0.717) is 6.54 Å². The molecule has 1 aromatic heterocycles. The van der Waals surface area contributed by atoms with Crippen LogP contribution in [0, 0.1) is 6.92 Å². The molecular weight excluding hydrogens is 340 g/mol. The fraction of sp³-hybridized carbons (Fsp3) is 0.455. The smallest absolute Gasteiger partial charge is 0.225 e. The molecule has 1 heterocycles. The molecule has 1 N–H and O–H groups in total. The van der Waals surface area contributed by atoms with Crippen molar-refractivity contribution >= 4 is 11.8 Å². The first kappa shape index (κ1) is 19.2. The molecule has 2 aromatic rings. The van der Waals surface area contributed by atoms with Gasteiger partial charge >= 0.3 is 0 Å². The van der Waals surface area contributed by atoms with E-state index in [-0.39, 0.29) is 30.3 Å². The highest BCUT2D eigenvalue weighted by Crippen LogP contribution is 2.28. The summed E-state index contributed by atoms with van der Waals surface area (Å²) >= 11 is 0. The number of rotatable bonds is 7. The molecule has 1 unspecified atom stereocenters. The fourth-order valence-electron chi connectivity index (χ4n) is 3.80. The molecule has 1 aromatic carbocycles. The van der Waals surface area contributed by atoms with Gasteiger partial charge < -0.3 is 14.6 Å². The van der Waals surface area contributed by atoms with Crippen LogP contribution in [-0.4, -0.2) is 22.8 Å². The minimum atomic E-state index is -0.323. The zero-order valence-electron chi connectivity index (χ0n) is 16.1. The van der Waals surface area contributed by atoms with Crippen molar-refractivity contribution in [2.75, 3.05) is 0 Å². The van der Waals surface area contributed by atoms with E-state index in [1.807, 2.05) is 48.2 Å². The van der Waals surface area contributed by atoms with E-state index in [1.54, 1.807) is 6.26 Å². The van der Waals surface area contributed by atoms with Gasteiger partial charge in [0.1, 0.15) is 5.76 Å². The van der Waals surface area contributed by atoms with Crippen LogP contribution < -0.4 is 5.32 Å². The maximum Gasteiger partial charge on any atom is 0.225 e. The van der Waals surface area contributed by atoms with Gasteiger partial charge in [0, 0.05) is 13.0 Å². The normalized spacial score (nSPS) is 15.5. The van der Waals surface area contributed by atoms with Crippen molar-refractivity contribution in [2.24, 2.45) is 0 Å². The van der Waals surface area contributed by atoms with Crippen LogP contribution >= 0.6 is 0 Å². The van der Waals surface area contributed by atoms with Crippen LogP contribution in [0.2, 0.25) is 0 Å². The Morgan fingerprint density at radius 2 is 1.89 bits per heavy atom. The predicted octanol–water partition coefficient (Wildman–Crippen LogP) is 4.13. The molecule has 1 atom stereocenters. The van der Waals surface area contributed by atoms with E-state index in [0.717, 1.165) is 42.6 Å². The van der Waals surface area contributed by atoms with Gasteiger partial charge in [-0.05, 0) is 37.5 Å². The summed E-state index contributed by atoms with van der Waals surface area (Å²) in [5, 5.41) is 2.94. The lowest BCUT2D eigenvalue weighted by atomic mass is 10.0. The Labute approximate surface area is 160 Å². The molecule has 2 amide bonds. The fourth-order valence-corrected chi connectivity index (χ4v) is 3.80. The summed E-state index contributed by atoms with van der Waals surface area (Å²) < 4.78 is 5.48. The maximum atomic E-state index is 13.2. The lowest BCUT2D eigenvalue weighted by Crippen LogP contribution is -2.40. The minimum Gasteiger partial charge on any atom is -0.467 e. The highest BCUT2D eigenvalue weighted by molar-refractivity contribution is 5.79. The van der Waals surface area contributed by atoms with Crippen molar-refractivity contribution < 1.29 is 14.0 Å². The Hall–Kier alpha value is -2.56. The van der Waals surface area contributed by atoms with E-state index in [1.165, 1.54) is 6.92 Å². The summed E-state index contributed by atoms with van der Waals surface area (Å²) in [6, 6.07) is 11.7. The molecule has 27 heavy (non-hydrogen) atoms. The Morgan fingerprint density at radius 3 is 2.48 bits per heavy atom. The largest absolute Gasteiger partial charge is 0.467 e. The van der Waals surface area contributed by atoms with E-state index in [9.17, 15) is 9.59 Å². The van der Waals surface area contributed by atoms with E-state index in [4.69, 9.17) is 4.42 Å². The number of hydrogen-bond acceptors (Lipinski definition) is 3. The van der Waals surface area contributed by atoms with Crippen LogP contribution in [-0.2, 0) is 16.1 Å². The van der Waals surface area contributed by atoms with Gasteiger partial charge in [-0.1, -0.05) is 42.7 Å². The lowest BCUT2D eigenvalue weighted by Gasteiger charge is -2.30. The standard InChI is InChI=1S/C22H28N2O3/c1-16-9-11-18(12-10-16)21(23-17(2)25)14-22(26)24(19-6-3-4-7-19)15-20-8-5-13-27-20/h5,8-13,19,21H,3-4,6-7,14-15H2,1-2H3,(H,23,25). The average Bonchev–Trinajstić information content (AvgIpc) is 3.33. The summed E-state index contributed by atoms with van der Waals surface area (Å²) in [5.41, 5.74) is 2.10. The summed E-state index contributed by atoms with van der Waals surface area (Å²) in [4.78, 5) is 26.9. The third kappa shape index (κ3) is 5.22. The third-order valence-electron chi connectivity index (χ3n) is 5.23. The quantitative estimate of drug-likeness (QED) is 0.799. The second kappa shape index (κ2) is 8.89. The number of furan rings is 1. The first-order chi connectivity index (χ1) is 13.0. The molecule has 0 aliphatic heterocycles. The number of carbonyl (C=O) groups is 2. The summed E-state index contributed by atoms with van der Waals surface area (Å²) in [6.45, 7) is 3.99. The first-order valence-electron chi connectivity index (χ1n) is 9.68. The second-order valence-corrected chi connectivity index (χ2v) is 7.41. The monoisotopic (exact) mass is 368 g/mol. The van der Waals surface area contributed by atoms with Gasteiger partial charge in [-0.2, -0.15) is 0 Å². The number of carbonyl (C=O) groups excluding carboxylic acids is 2. The topological polar surface area (TPSA) is 62.6 Å². The van der Waals surface area contributed by atoms with Crippen LogP contribution in [0.5, 0.6) is 0 Å². The van der Waals surface area contributed by atoms with Crippen LogP contribution in [0.3, 0.4) is 0 Å². The van der Waals surface area contributed by atoms with Gasteiger partial charge in [0.2, 0.25) is 11.8 Å². The zero-order chi connectivity index (χ0) is 19.2. The molecule has 3 rings (SSSR count). The van der Waals surface area contributed by atoms with Gasteiger partial charge in [0.25, 0.3) is 0 Å². The van der Waals surface area contributed by atoms with Crippen molar-refractivity contribution in [3.8, 4) is 0 Å². The summed E-state index contributed by atoms with van der Waals surface area (Å²) in [5.74, 6) is 0.714. The molecule has 0 spiro atoms. The van der Waals surface area contributed by atoms with Crippen LogP contribution in [0.25, 0.3) is 0 Å². The molecule has 0 radical (unpaired) electrons. The van der Waals surface area contributed by atoms with Gasteiger partial charge in [0.15, 0.2) is 0 Å². The van der Waals surface area contributed by atoms with Gasteiger partial charge in [-0.15, -0.1) is 0 Å². The molecule has 5 heteroatoms.